The summed E-state index contributed by atoms with van der Waals surface area (Å²) in [7, 11) is 0. The molecule has 0 bridgehead atoms. The van der Waals surface area contributed by atoms with Gasteiger partial charge in [-0.05, 0) is 69.5 Å². The van der Waals surface area contributed by atoms with E-state index in [0.29, 0.717) is 16.4 Å². The van der Waals surface area contributed by atoms with Crippen molar-refractivity contribution in [1.82, 2.24) is 0 Å². The highest BCUT2D eigenvalue weighted by molar-refractivity contribution is 6.31. The van der Waals surface area contributed by atoms with E-state index in [9.17, 15) is 9.59 Å². The number of nitrogens with one attached hydrogen (secondary N) is 2. The molecule has 0 saturated carbocycles. The predicted octanol–water partition coefficient (Wildman–Crippen LogP) is 4.87. The molecule has 2 amide bonds. The summed E-state index contributed by atoms with van der Waals surface area (Å²) >= 11 is 6.08. The van der Waals surface area contributed by atoms with Crippen LogP contribution in [0.4, 0.5) is 11.4 Å². The molecule has 25 heavy (non-hydrogen) atoms. The lowest BCUT2D eigenvalue weighted by atomic mass is 9.90. The summed E-state index contributed by atoms with van der Waals surface area (Å²) in [6.07, 6.45) is 0. The fraction of sp³-hybridized carbons (Fsp3) is 0.300. The van der Waals surface area contributed by atoms with Crippen molar-refractivity contribution >= 4 is 34.8 Å². The van der Waals surface area contributed by atoms with Crippen LogP contribution in [0.25, 0.3) is 0 Å². The van der Waals surface area contributed by atoms with Crippen molar-refractivity contribution in [3.8, 4) is 0 Å². The number of aryl methyl sites for hydroxylation is 2. The third kappa shape index (κ3) is 4.20. The van der Waals surface area contributed by atoms with Gasteiger partial charge in [-0.2, -0.15) is 0 Å². The molecule has 132 valence electrons. The summed E-state index contributed by atoms with van der Waals surface area (Å²) in [4.78, 5) is 25.3. The maximum atomic E-state index is 12.7. The van der Waals surface area contributed by atoms with E-state index < -0.39 is 11.3 Å². The minimum atomic E-state index is -1.24. The van der Waals surface area contributed by atoms with Gasteiger partial charge in [-0.25, -0.2) is 0 Å². The number of hydrogen-bond donors (Lipinski definition) is 2. The molecule has 0 heterocycles. The molecule has 0 aliphatic rings. The Kier molecular flexibility index (Phi) is 5.53. The Labute approximate surface area is 153 Å². The summed E-state index contributed by atoms with van der Waals surface area (Å²) in [5.41, 5.74) is 3.02. The van der Waals surface area contributed by atoms with E-state index in [1.165, 1.54) is 0 Å². The highest BCUT2D eigenvalue weighted by atomic mass is 35.5. The molecule has 0 saturated heterocycles. The summed E-state index contributed by atoms with van der Waals surface area (Å²) in [6, 6.07) is 10.9. The largest absolute Gasteiger partial charge is 0.325 e. The van der Waals surface area contributed by atoms with Crippen LogP contribution >= 0.6 is 11.6 Å². The first-order chi connectivity index (χ1) is 11.6. The Morgan fingerprint density at radius 1 is 0.920 bits per heavy atom. The van der Waals surface area contributed by atoms with Crippen molar-refractivity contribution in [2.45, 2.75) is 34.6 Å². The van der Waals surface area contributed by atoms with E-state index in [0.717, 1.165) is 16.7 Å². The fourth-order valence-electron chi connectivity index (χ4n) is 2.23. The van der Waals surface area contributed by atoms with E-state index in [4.69, 9.17) is 11.6 Å². The van der Waals surface area contributed by atoms with Gasteiger partial charge in [-0.1, -0.05) is 29.8 Å². The number of amides is 2. The normalized spacial score (nSPS) is 11.1. The number of halogens is 1. The average molecular weight is 359 g/mol. The second-order valence-corrected chi connectivity index (χ2v) is 7.15. The maximum absolute atomic E-state index is 12.7. The van der Waals surface area contributed by atoms with Gasteiger partial charge in [0.2, 0.25) is 11.8 Å². The molecule has 0 unspecified atom stereocenters. The number of anilines is 2. The number of carbonyl (C=O) groups excluding carboxylic acids is 2. The van der Waals surface area contributed by atoms with Crippen LogP contribution in [0.1, 0.15) is 30.5 Å². The second kappa shape index (κ2) is 7.28. The van der Waals surface area contributed by atoms with Crippen LogP contribution in [0.3, 0.4) is 0 Å². The molecule has 0 atom stereocenters. The van der Waals surface area contributed by atoms with Crippen molar-refractivity contribution in [2.75, 3.05) is 10.6 Å². The Morgan fingerprint density at radius 3 is 2.20 bits per heavy atom. The zero-order valence-corrected chi connectivity index (χ0v) is 15.9. The van der Waals surface area contributed by atoms with Gasteiger partial charge in [0.15, 0.2) is 0 Å². The first kappa shape index (κ1) is 19.0. The first-order valence-corrected chi connectivity index (χ1v) is 8.46. The van der Waals surface area contributed by atoms with E-state index >= 15 is 0 Å². The molecule has 2 aromatic carbocycles. The molecule has 2 aromatic rings. The minimum absolute atomic E-state index is 0.364. The topological polar surface area (TPSA) is 58.2 Å². The number of carbonyl (C=O) groups is 2. The first-order valence-electron chi connectivity index (χ1n) is 8.08. The smallest absolute Gasteiger partial charge is 0.239 e. The molecule has 0 aromatic heterocycles. The van der Waals surface area contributed by atoms with E-state index in [-0.39, 0.29) is 5.91 Å². The summed E-state index contributed by atoms with van der Waals surface area (Å²) in [5, 5.41) is 6.18. The van der Waals surface area contributed by atoms with Crippen molar-refractivity contribution in [3.63, 3.8) is 0 Å². The third-order valence-electron chi connectivity index (χ3n) is 4.42. The summed E-state index contributed by atoms with van der Waals surface area (Å²) in [6.45, 7) is 8.99. The van der Waals surface area contributed by atoms with Gasteiger partial charge in [0.25, 0.3) is 0 Å². The maximum Gasteiger partial charge on any atom is 0.239 e. The monoisotopic (exact) mass is 358 g/mol. The van der Waals surface area contributed by atoms with Gasteiger partial charge in [0.05, 0.1) is 0 Å². The van der Waals surface area contributed by atoms with Crippen molar-refractivity contribution < 1.29 is 9.59 Å². The molecule has 4 nitrogen and oxygen atoms in total. The number of rotatable bonds is 4. The zero-order valence-electron chi connectivity index (χ0n) is 15.2. The standard InChI is InChI=1S/C20H23ClN2O2/c1-12-7-6-8-17(14(12)3)23-19(25)20(4,5)18(24)22-15-10-9-13(2)16(21)11-15/h6-11H,1-5H3,(H,22,24)(H,23,25). The Bertz CT molecular complexity index is 828. The summed E-state index contributed by atoms with van der Waals surface area (Å²) in [5.74, 6) is -0.757. The molecule has 5 heteroatoms. The molecular formula is C20H23ClN2O2. The van der Waals surface area contributed by atoms with Gasteiger partial charge in [-0.15, -0.1) is 0 Å². The van der Waals surface area contributed by atoms with Crippen LogP contribution in [-0.4, -0.2) is 11.8 Å². The van der Waals surface area contributed by atoms with Crippen LogP contribution in [0, 0.1) is 26.2 Å². The molecule has 2 N–H and O–H groups in total. The molecule has 2 rings (SSSR count). The zero-order chi connectivity index (χ0) is 18.8. The van der Waals surface area contributed by atoms with E-state index in [1.54, 1.807) is 26.0 Å². The Hall–Kier alpha value is -2.33. The quantitative estimate of drug-likeness (QED) is 0.766. The van der Waals surface area contributed by atoms with Crippen LogP contribution in [0.5, 0.6) is 0 Å². The number of hydrogen-bond acceptors (Lipinski definition) is 2. The molecule has 0 fully saturated rings. The van der Waals surface area contributed by atoms with Crippen LogP contribution in [0.15, 0.2) is 36.4 Å². The van der Waals surface area contributed by atoms with Crippen molar-refractivity contribution in [3.05, 3.63) is 58.1 Å². The molecule has 0 radical (unpaired) electrons. The predicted molar refractivity (Wildman–Crippen MR) is 103 cm³/mol. The third-order valence-corrected chi connectivity index (χ3v) is 4.83. The molecule has 0 aliphatic heterocycles. The lowest BCUT2D eigenvalue weighted by Crippen LogP contribution is -2.41. The lowest BCUT2D eigenvalue weighted by Gasteiger charge is -2.23. The van der Waals surface area contributed by atoms with Gasteiger partial charge >= 0.3 is 0 Å². The van der Waals surface area contributed by atoms with Gasteiger partial charge in [0.1, 0.15) is 5.41 Å². The minimum Gasteiger partial charge on any atom is -0.325 e. The van der Waals surface area contributed by atoms with Crippen LogP contribution < -0.4 is 10.6 Å². The van der Waals surface area contributed by atoms with E-state index in [2.05, 4.69) is 10.6 Å². The Morgan fingerprint density at radius 2 is 1.56 bits per heavy atom. The van der Waals surface area contributed by atoms with Gasteiger partial charge < -0.3 is 10.6 Å². The van der Waals surface area contributed by atoms with Crippen LogP contribution in [-0.2, 0) is 9.59 Å². The van der Waals surface area contributed by atoms with Crippen molar-refractivity contribution in [1.29, 1.82) is 0 Å². The highest BCUT2D eigenvalue weighted by Crippen LogP contribution is 2.26. The average Bonchev–Trinajstić information content (AvgIpc) is 2.55. The second-order valence-electron chi connectivity index (χ2n) is 6.74. The molecular weight excluding hydrogens is 336 g/mol. The van der Waals surface area contributed by atoms with E-state index in [1.807, 2.05) is 45.0 Å². The van der Waals surface area contributed by atoms with Gasteiger partial charge in [0, 0.05) is 16.4 Å². The lowest BCUT2D eigenvalue weighted by molar-refractivity contribution is -0.135. The number of benzene rings is 2. The molecule has 0 spiro atoms. The molecule has 0 aliphatic carbocycles. The van der Waals surface area contributed by atoms with Crippen LogP contribution in [0.2, 0.25) is 5.02 Å². The highest BCUT2D eigenvalue weighted by Gasteiger charge is 2.36. The van der Waals surface area contributed by atoms with Crippen molar-refractivity contribution in [2.24, 2.45) is 5.41 Å². The summed E-state index contributed by atoms with van der Waals surface area (Å²) < 4.78 is 0. The van der Waals surface area contributed by atoms with Gasteiger partial charge in [-0.3, -0.25) is 9.59 Å². The Balaban J connectivity index is 2.15. The fourth-order valence-corrected chi connectivity index (χ4v) is 2.41. The SMILES string of the molecule is Cc1ccc(NC(=O)C(C)(C)C(=O)Nc2cccc(C)c2C)cc1Cl.